The molecule has 0 unspecified atom stereocenters. The molecule has 2 aliphatic carbocycles. The monoisotopic (exact) mass is 679 g/mol. The average Bonchev–Trinajstić information content (AvgIpc) is 3.81. The van der Waals surface area contributed by atoms with Gasteiger partial charge in [0.15, 0.2) is 5.58 Å². The van der Waals surface area contributed by atoms with Gasteiger partial charge in [-0.3, -0.25) is 0 Å². The van der Waals surface area contributed by atoms with Crippen molar-refractivity contribution in [1.82, 2.24) is 0 Å². The lowest BCUT2D eigenvalue weighted by molar-refractivity contribution is 0.564. The van der Waals surface area contributed by atoms with Crippen LogP contribution in [0.3, 0.4) is 0 Å². The predicted octanol–water partition coefficient (Wildman–Crippen LogP) is 13.3. The van der Waals surface area contributed by atoms with E-state index < -0.39 is 5.41 Å². The van der Waals surface area contributed by atoms with E-state index in [1.54, 1.807) is 0 Å². The van der Waals surface area contributed by atoms with Crippen LogP contribution in [0, 0.1) is 0 Å². The molecular formula is C50H33NO2. The molecule has 0 saturated carbocycles. The zero-order valence-electron chi connectivity index (χ0n) is 28.9. The van der Waals surface area contributed by atoms with E-state index in [4.69, 9.17) is 8.83 Å². The summed E-state index contributed by atoms with van der Waals surface area (Å²) < 4.78 is 13.6. The van der Waals surface area contributed by atoms with Gasteiger partial charge in [-0.1, -0.05) is 152 Å². The highest BCUT2D eigenvalue weighted by Crippen LogP contribution is 2.59. The number of benzene rings is 7. The van der Waals surface area contributed by atoms with Crippen LogP contribution >= 0.6 is 0 Å². The summed E-state index contributed by atoms with van der Waals surface area (Å²) in [6.45, 7) is 0. The second kappa shape index (κ2) is 11.6. The molecule has 0 radical (unpaired) electrons. The number of rotatable bonds is 5. The lowest BCUT2D eigenvalue weighted by Gasteiger charge is -2.35. The SMILES string of the molecule is C1=CCc2oc3c(N(c4ccccc4)c4cccc5oc6ccccc6c45)ccc(C4(c5ccccc5)c5ccccc5-c5ccccc54)c3c2C=C1. The third-order valence-corrected chi connectivity index (χ3v) is 11.2. The number of hydrogen-bond donors (Lipinski definition) is 0. The van der Waals surface area contributed by atoms with Crippen LogP contribution < -0.4 is 4.90 Å². The van der Waals surface area contributed by atoms with Crippen LogP contribution in [0.5, 0.6) is 0 Å². The quantitative estimate of drug-likeness (QED) is 0.181. The second-order valence-electron chi connectivity index (χ2n) is 13.9. The highest BCUT2D eigenvalue weighted by Gasteiger charge is 2.47. The van der Waals surface area contributed by atoms with E-state index in [1.807, 2.05) is 12.1 Å². The van der Waals surface area contributed by atoms with Crippen molar-refractivity contribution in [3.63, 3.8) is 0 Å². The molecule has 0 aliphatic heterocycles. The van der Waals surface area contributed by atoms with Crippen LogP contribution in [0.15, 0.2) is 191 Å². The van der Waals surface area contributed by atoms with Gasteiger partial charge in [0.2, 0.25) is 0 Å². The van der Waals surface area contributed by atoms with Crippen LogP contribution in [0.1, 0.15) is 33.6 Å². The number of hydrogen-bond acceptors (Lipinski definition) is 3. The topological polar surface area (TPSA) is 29.5 Å². The maximum absolute atomic E-state index is 7.20. The fourth-order valence-electron chi connectivity index (χ4n) is 9.09. The van der Waals surface area contributed by atoms with Gasteiger partial charge in [-0.2, -0.15) is 0 Å². The van der Waals surface area contributed by atoms with Crippen molar-refractivity contribution >= 4 is 56.0 Å². The molecule has 3 heteroatoms. The standard InChI is InChI=1S/C50H33NO2/c1-4-17-33(18-5-1)50(39-25-13-10-21-35(39)36-22-11-14-26-40(36)50)41-31-32-43(49-47(41)37-23-8-3-9-28-45(37)53-49)51(34-19-6-2-7-20-34)42-27-16-30-46-48(42)38-24-12-15-29-44(38)52-46/h1-27,29-32H,28H2. The van der Waals surface area contributed by atoms with Gasteiger partial charge in [-0.15, -0.1) is 0 Å². The summed E-state index contributed by atoms with van der Waals surface area (Å²) in [7, 11) is 0. The minimum absolute atomic E-state index is 0.588. The Hall–Kier alpha value is -6.84. The van der Waals surface area contributed by atoms with Gasteiger partial charge in [0.25, 0.3) is 0 Å². The Morgan fingerprint density at radius 1 is 0.491 bits per heavy atom. The summed E-state index contributed by atoms with van der Waals surface area (Å²) in [5.41, 5.74) is 13.7. The van der Waals surface area contributed by atoms with Gasteiger partial charge in [0.1, 0.15) is 16.9 Å². The first-order valence-electron chi connectivity index (χ1n) is 18.2. The number of anilines is 3. The molecule has 3 nitrogen and oxygen atoms in total. The minimum atomic E-state index is -0.588. The van der Waals surface area contributed by atoms with E-state index in [1.165, 1.54) is 33.4 Å². The molecule has 0 atom stereocenters. The molecule has 0 bridgehead atoms. The van der Waals surface area contributed by atoms with Crippen LogP contribution in [-0.2, 0) is 11.8 Å². The van der Waals surface area contributed by atoms with Gasteiger partial charge in [0, 0.05) is 28.4 Å². The fourth-order valence-corrected chi connectivity index (χ4v) is 9.09. The molecule has 0 fully saturated rings. The van der Waals surface area contributed by atoms with Gasteiger partial charge < -0.3 is 13.7 Å². The van der Waals surface area contributed by atoms with Crippen molar-refractivity contribution in [3.8, 4) is 11.1 Å². The second-order valence-corrected chi connectivity index (χ2v) is 13.9. The van der Waals surface area contributed by atoms with E-state index in [0.717, 1.165) is 61.3 Å². The summed E-state index contributed by atoms with van der Waals surface area (Å²) in [4.78, 5) is 2.35. The molecule has 0 spiro atoms. The number of fused-ring (bicyclic) bond motifs is 9. The largest absolute Gasteiger partial charge is 0.458 e. The Kier molecular flexibility index (Phi) is 6.53. The molecule has 2 aliphatic rings. The van der Waals surface area contributed by atoms with Crippen molar-refractivity contribution < 1.29 is 8.83 Å². The van der Waals surface area contributed by atoms with Gasteiger partial charge in [0.05, 0.1) is 22.2 Å². The average molecular weight is 680 g/mol. The molecule has 11 rings (SSSR count). The minimum Gasteiger partial charge on any atom is -0.458 e. The third-order valence-electron chi connectivity index (χ3n) is 11.2. The molecule has 2 aromatic heterocycles. The van der Waals surface area contributed by atoms with Crippen LogP contribution in [-0.4, -0.2) is 0 Å². The molecule has 53 heavy (non-hydrogen) atoms. The summed E-state index contributed by atoms with van der Waals surface area (Å²) in [5, 5.41) is 3.27. The van der Waals surface area contributed by atoms with Gasteiger partial charge >= 0.3 is 0 Å². The van der Waals surface area contributed by atoms with Crippen molar-refractivity contribution in [1.29, 1.82) is 0 Å². The zero-order chi connectivity index (χ0) is 34.9. The summed E-state index contributed by atoms with van der Waals surface area (Å²) in [5.74, 6) is 0.960. The van der Waals surface area contributed by atoms with E-state index in [-0.39, 0.29) is 0 Å². The highest BCUT2D eigenvalue weighted by molar-refractivity contribution is 6.15. The number of nitrogens with zero attached hydrogens (tertiary/aromatic N) is 1. The first kappa shape index (κ1) is 29.8. The number of furan rings is 2. The molecule has 0 N–H and O–H groups in total. The Balaban J connectivity index is 1.29. The number of para-hydroxylation sites is 2. The number of allylic oxidation sites excluding steroid dienone is 3. The molecular weight excluding hydrogens is 647 g/mol. The smallest absolute Gasteiger partial charge is 0.159 e. The Morgan fingerprint density at radius 3 is 1.96 bits per heavy atom. The predicted molar refractivity (Wildman–Crippen MR) is 217 cm³/mol. The normalized spacial score (nSPS) is 14.0. The molecule has 2 heterocycles. The van der Waals surface area contributed by atoms with Crippen LogP contribution in [0.25, 0.3) is 50.1 Å². The molecule has 0 saturated heterocycles. The van der Waals surface area contributed by atoms with Crippen LogP contribution in [0.4, 0.5) is 17.1 Å². The van der Waals surface area contributed by atoms with Gasteiger partial charge in [-0.25, -0.2) is 0 Å². The molecule has 0 amide bonds. The molecule has 250 valence electrons. The van der Waals surface area contributed by atoms with E-state index in [2.05, 4.69) is 181 Å². The summed E-state index contributed by atoms with van der Waals surface area (Å²) in [6.07, 6.45) is 9.40. The third kappa shape index (κ3) is 4.22. The van der Waals surface area contributed by atoms with Crippen molar-refractivity contribution in [3.05, 3.63) is 216 Å². The highest BCUT2D eigenvalue weighted by atomic mass is 16.3. The van der Waals surface area contributed by atoms with E-state index >= 15 is 0 Å². The summed E-state index contributed by atoms with van der Waals surface area (Å²) in [6, 6.07) is 58.8. The maximum atomic E-state index is 7.20. The Bertz CT molecular complexity index is 2880. The molecule has 7 aromatic carbocycles. The van der Waals surface area contributed by atoms with E-state index in [0.29, 0.717) is 6.42 Å². The van der Waals surface area contributed by atoms with E-state index in [9.17, 15) is 0 Å². The first-order chi connectivity index (χ1) is 26.3. The van der Waals surface area contributed by atoms with Gasteiger partial charge in [-0.05, 0) is 69.8 Å². The first-order valence-corrected chi connectivity index (χ1v) is 18.2. The Labute approximate surface area is 307 Å². The van der Waals surface area contributed by atoms with Crippen molar-refractivity contribution in [2.75, 3.05) is 4.90 Å². The van der Waals surface area contributed by atoms with Crippen LogP contribution in [0.2, 0.25) is 0 Å². The van der Waals surface area contributed by atoms with Crippen molar-refractivity contribution in [2.45, 2.75) is 11.8 Å². The Morgan fingerprint density at radius 2 is 1.17 bits per heavy atom. The fraction of sp³-hybridized carbons (Fsp3) is 0.0400. The lowest BCUT2D eigenvalue weighted by atomic mass is 9.66. The zero-order valence-corrected chi connectivity index (χ0v) is 28.9. The summed E-state index contributed by atoms with van der Waals surface area (Å²) >= 11 is 0. The molecule has 9 aromatic rings. The maximum Gasteiger partial charge on any atom is 0.159 e. The van der Waals surface area contributed by atoms with Crippen molar-refractivity contribution in [2.24, 2.45) is 0 Å². The lowest BCUT2D eigenvalue weighted by Crippen LogP contribution is -2.29.